The van der Waals surface area contributed by atoms with Gasteiger partial charge in [0.25, 0.3) is 0 Å². The third kappa shape index (κ3) is 3.59. The molecule has 112 valence electrons. The Morgan fingerprint density at radius 1 is 1.33 bits per heavy atom. The predicted octanol–water partition coefficient (Wildman–Crippen LogP) is 2.19. The maximum absolute atomic E-state index is 13.0. The van der Waals surface area contributed by atoms with Crippen molar-refractivity contribution in [1.82, 2.24) is 9.80 Å². The second-order valence-electron chi connectivity index (χ2n) is 5.65. The first-order valence-electron chi connectivity index (χ1n) is 7.13. The summed E-state index contributed by atoms with van der Waals surface area (Å²) in [6.45, 7) is 1.23. The number of carbonyl (C=O) groups excluding carboxylic acids is 1. The molecule has 1 aliphatic rings. The quantitative estimate of drug-likeness (QED) is 0.857. The van der Waals surface area contributed by atoms with Gasteiger partial charge in [0.1, 0.15) is 11.9 Å². The number of likely N-dealkylation sites (N-methyl/N-ethyl adjacent to an activating group) is 1. The van der Waals surface area contributed by atoms with Crippen LogP contribution in [0.25, 0.3) is 0 Å². The summed E-state index contributed by atoms with van der Waals surface area (Å²) in [4.78, 5) is 16.4. The molecule has 5 heteroatoms. The summed E-state index contributed by atoms with van der Waals surface area (Å²) < 4.78 is 13.0. The lowest BCUT2D eigenvalue weighted by Gasteiger charge is -2.34. The Morgan fingerprint density at radius 3 is 2.38 bits per heavy atom. The Bertz CT molecular complexity index is 527. The SMILES string of the molecule is CN(C)[C@H](C(=O)N1CCC(C#N)CC1)c1ccc(F)cc1. The third-order valence-corrected chi connectivity index (χ3v) is 3.93. The van der Waals surface area contributed by atoms with Gasteiger partial charge in [-0.25, -0.2) is 4.39 Å². The molecule has 0 bridgehead atoms. The van der Waals surface area contributed by atoms with E-state index >= 15 is 0 Å². The minimum absolute atomic E-state index is 0.0167. The van der Waals surface area contributed by atoms with Gasteiger partial charge in [0.15, 0.2) is 0 Å². The molecular weight excluding hydrogens is 269 g/mol. The zero-order valence-corrected chi connectivity index (χ0v) is 12.4. The van der Waals surface area contributed by atoms with Crippen LogP contribution in [0.2, 0.25) is 0 Å². The number of halogens is 1. The molecule has 21 heavy (non-hydrogen) atoms. The van der Waals surface area contributed by atoms with Gasteiger partial charge < -0.3 is 4.90 Å². The largest absolute Gasteiger partial charge is 0.341 e. The summed E-state index contributed by atoms with van der Waals surface area (Å²) in [5.41, 5.74) is 0.786. The molecule has 0 saturated carbocycles. The number of nitriles is 1. The lowest BCUT2D eigenvalue weighted by molar-refractivity contribution is -0.137. The zero-order chi connectivity index (χ0) is 15.4. The van der Waals surface area contributed by atoms with Gasteiger partial charge in [-0.05, 0) is 44.6 Å². The van der Waals surface area contributed by atoms with Crippen molar-refractivity contribution in [2.45, 2.75) is 18.9 Å². The Morgan fingerprint density at radius 2 is 1.90 bits per heavy atom. The van der Waals surface area contributed by atoms with Crippen LogP contribution in [-0.4, -0.2) is 42.9 Å². The van der Waals surface area contributed by atoms with Crippen molar-refractivity contribution in [2.75, 3.05) is 27.2 Å². The van der Waals surface area contributed by atoms with E-state index in [-0.39, 0.29) is 17.6 Å². The molecule has 1 aromatic rings. The summed E-state index contributed by atoms with van der Waals surface area (Å²) in [5.74, 6) is -0.237. The lowest BCUT2D eigenvalue weighted by atomic mass is 9.97. The molecule has 1 aliphatic heterocycles. The van der Waals surface area contributed by atoms with E-state index in [0.717, 1.165) is 18.4 Å². The van der Waals surface area contributed by atoms with Gasteiger partial charge in [0.2, 0.25) is 5.91 Å². The Balaban J connectivity index is 2.13. The van der Waals surface area contributed by atoms with Crippen LogP contribution in [0.4, 0.5) is 4.39 Å². The highest BCUT2D eigenvalue weighted by Crippen LogP contribution is 2.24. The molecule has 1 fully saturated rings. The molecule has 1 saturated heterocycles. The molecule has 4 nitrogen and oxygen atoms in total. The van der Waals surface area contributed by atoms with Crippen molar-refractivity contribution in [1.29, 1.82) is 5.26 Å². The van der Waals surface area contributed by atoms with Crippen LogP contribution in [0, 0.1) is 23.1 Å². The number of hydrogen-bond acceptors (Lipinski definition) is 3. The minimum Gasteiger partial charge on any atom is -0.341 e. The first kappa shape index (κ1) is 15.5. The first-order valence-corrected chi connectivity index (χ1v) is 7.13. The van der Waals surface area contributed by atoms with Crippen molar-refractivity contribution in [3.8, 4) is 6.07 Å². The van der Waals surface area contributed by atoms with Gasteiger partial charge in [0.05, 0.1) is 6.07 Å². The fourth-order valence-electron chi connectivity index (χ4n) is 2.71. The van der Waals surface area contributed by atoms with Crippen LogP contribution < -0.4 is 0 Å². The van der Waals surface area contributed by atoms with Crippen LogP contribution in [0.3, 0.4) is 0 Å². The summed E-state index contributed by atoms with van der Waals surface area (Å²) in [5, 5.41) is 8.92. The van der Waals surface area contributed by atoms with Crippen LogP contribution in [0.1, 0.15) is 24.4 Å². The Labute approximate surface area is 124 Å². The summed E-state index contributed by atoms with van der Waals surface area (Å²) >= 11 is 0. The number of amides is 1. The number of carbonyl (C=O) groups is 1. The third-order valence-electron chi connectivity index (χ3n) is 3.93. The average Bonchev–Trinajstić information content (AvgIpc) is 2.49. The molecule has 0 unspecified atom stereocenters. The number of piperidine rings is 1. The highest BCUT2D eigenvalue weighted by molar-refractivity contribution is 5.83. The molecule has 1 heterocycles. The van der Waals surface area contributed by atoms with E-state index in [0.29, 0.717) is 13.1 Å². The lowest BCUT2D eigenvalue weighted by Crippen LogP contribution is -2.44. The highest BCUT2D eigenvalue weighted by Gasteiger charge is 2.30. The van der Waals surface area contributed by atoms with Crippen LogP contribution in [0.5, 0.6) is 0 Å². The number of rotatable bonds is 3. The molecule has 0 N–H and O–H groups in total. The van der Waals surface area contributed by atoms with E-state index in [2.05, 4.69) is 6.07 Å². The summed E-state index contributed by atoms with van der Waals surface area (Å²) in [6.07, 6.45) is 1.46. The molecule has 0 aliphatic carbocycles. The minimum atomic E-state index is -0.413. The number of benzene rings is 1. The van der Waals surface area contributed by atoms with Crippen LogP contribution >= 0.6 is 0 Å². The second-order valence-corrected chi connectivity index (χ2v) is 5.65. The monoisotopic (exact) mass is 289 g/mol. The molecule has 0 radical (unpaired) electrons. The zero-order valence-electron chi connectivity index (χ0n) is 12.4. The molecular formula is C16H20FN3O. The van der Waals surface area contributed by atoms with E-state index in [4.69, 9.17) is 5.26 Å². The highest BCUT2D eigenvalue weighted by atomic mass is 19.1. The van der Waals surface area contributed by atoms with E-state index in [1.54, 1.807) is 12.1 Å². The summed E-state index contributed by atoms with van der Waals surface area (Å²) in [7, 11) is 3.68. The normalized spacial score (nSPS) is 17.6. The van der Waals surface area contributed by atoms with Crippen molar-refractivity contribution < 1.29 is 9.18 Å². The number of nitrogens with zero attached hydrogens (tertiary/aromatic N) is 3. The van der Waals surface area contributed by atoms with E-state index in [1.807, 2.05) is 23.9 Å². The second kappa shape index (κ2) is 6.68. The van der Waals surface area contributed by atoms with Gasteiger partial charge in [-0.15, -0.1) is 0 Å². The molecule has 1 aromatic carbocycles. The maximum Gasteiger partial charge on any atom is 0.244 e. The average molecular weight is 289 g/mol. The molecule has 1 amide bonds. The number of hydrogen-bond donors (Lipinski definition) is 0. The van der Waals surface area contributed by atoms with Gasteiger partial charge in [0, 0.05) is 19.0 Å². The Kier molecular flexibility index (Phi) is 4.92. The van der Waals surface area contributed by atoms with Gasteiger partial charge >= 0.3 is 0 Å². The van der Waals surface area contributed by atoms with Gasteiger partial charge in [-0.3, -0.25) is 9.69 Å². The van der Waals surface area contributed by atoms with Gasteiger partial charge in [-0.2, -0.15) is 5.26 Å². The van der Waals surface area contributed by atoms with Crippen LogP contribution in [-0.2, 0) is 4.79 Å². The Hall–Kier alpha value is -1.93. The fourth-order valence-corrected chi connectivity index (χ4v) is 2.71. The van der Waals surface area contributed by atoms with Crippen molar-refractivity contribution in [3.05, 3.63) is 35.6 Å². The first-order chi connectivity index (χ1) is 10.0. The topological polar surface area (TPSA) is 47.3 Å². The van der Waals surface area contributed by atoms with Crippen molar-refractivity contribution in [3.63, 3.8) is 0 Å². The van der Waals surface area contributed by atoms with E-state index in [9.17, 15) is 9.18 Å². The molecule has 0 spiro atoms. The van der Waals surface area contributed by atoms with Gasteiger partial charge in [-0.1, -0.05) is 12.1 Å². The van der Waals surface area contributed by atoms with Crippen molar-refractivity contribution in [2.24, 2.45) is 5.92 Å². The standard InChI is InChI=1S/C16H20FN3O/c1-19(2)15(13-3-5-14(17)6-4-13)16(21)20-9-7-12(11-18)8-10-20/h3-6,12,15H,7-10H2,1-2H3/t15-/m0/s1. The fraction of sp³-hybridized carbons (Fsp3) is 0.500. The van der Waals surface area contributed by atoms with Crippen LogP contribution in [0.15, 0.2) is 24.3 Å². The van der Waals surface area contributed by atoms with E-state index < -0.39 is 6.04 Å². The maximum atomic E-state index is 13.0. The molecule has 0 aromatic heterocycles. The molecule has 1 atom stereocenters. The predicted molar refractivity (Wildman–Crippen MR) is 77.7 cm³/mol. The molecule has 2 rings (SSSR count). The summed E-state index contributed by atoms with van der Waals surface area (Å²) in [6, 6.07) is 7.91. The van der Waals surface area contributed by atoms with Crippen molar-refractivity contribution >= 4 is 5.91 Å². The smallest absolute Gasteiger partial charge is 0.244 e. The van der Waals surface area contributed by atoms with E-state index in [1.165, 1.54) is 12.1 Å². The number of likely N-dealkylation sites (tertiary alicyclic amines) is 1.